The molecule has 1 heterocycles. The fraction of sp³-hybridized carbons (Fsp3) is 0.250. The summed E-state index contributed by atoms with van der Waals surface area (Å²) in [5.41, 5.74) is 2.71. The fourth-order valence-electron chi connectivity index (χ4n) is 3.30. The third kappa shape index (κ3) is 3.33. The average molecular weight is 404 g/mol. The fourth-order valence-corrected chi connectivity index (χ4v) is 3.56. The van der Waals surface area contributed by atoms with Crippen LogP contribution in [0, 0.1) is 5.82 Å². The molecule has 0 saturated heterocycles. The lowest BCUT2D eigenvalue weighted by atomic mass is 9.86. The number of hydrogen-bond acceptors (Lipinski definition) is 1. The van der Waals surface area contributed by atoms with Crippen LogP contribution in [-0.4, -0.2) is 15.8 Å². The van der Waals surface area contributed by atoms with E-state index in [1.165, 1.54) is 16.7 Å². The molecular formula is C20H19BrFNO2. The quantitative estimate of drug-likeness (QED) is 0.573. The number of rotatable bonds is 2. The molecule has 0 amide bonds. The number of fused-ring (bicyclic) bond motifs is 1. The lowest BCUT2D eigenvalue weighted by Gasteiger charge is -2.22. The number of halogens is 2. The van der Waals surface area contributed by atoms with E-state index in [0.717, 1.165) is 15.6 Å². The summed E-state index contributed by atoms with van der Waals surface area (Å²) in [6.07, 6.45) is -0.510. The van der Waals surface area contributed by atoms with E-state index in [-0.39, 0.29) is 5.82 Å². The SMILES string of the molecule is CC(C)(C)c1c(Cc2ccc(Br)cc2)c2cc(F)ccc2n1C(=O)O. The Morgan fingerprint density at radius 1 is 1.16 bits per heavy atom. The van der Waals surface area contributed by atoms with Crippen LogP contribution >= 0.6 is 15.9 Å². The van der Waals surface area contributed by atoms with E-state index in [1.54, 1.807) is 6.07 Å². The molecule has 25 heavy (non-hydrogen) atoms. The summed E-state index contributed by atoms with van der Waals surface area (Å²) >= 11 is 3.42. The molecule has 1 aromatic heterocycles. The molecular weight excluding hydrogens is 385 g/mol. The van der Waals surface area contributed by atoms with Crippen molar-refractivity contribution in [1.29, 1.82) is 0 Å². The average Bonchev–Trinajstić information content (AvgIpc) is 2.83. The zero-order valence-electron chi connectivity index (χ0n) is 14.3. The third-order valence-electron chi connectivity index (χ3n) is 4.23. The Morgan fingerprint density at radius 2 is 1.80 bits per heavy atom. The summed E-state index contributed by atoms with van der Waals surface area (Å²) < 4.78 is 16.2. The molecule has 0 aliphatic carbocycles. The van der Waals surface area contributed by atoms with Crippen LogP contribution in [0.25, 0.3) is 10.9 Å². The van der Waals surface area contributed by atoms with Crippen LogP contribution in [0.15, 0.2) is 46.9 Å². The predicted molar refractivity (Wildman–Crippen MR) is 101 cm³/mol. The van der Waals surface area contributed by atoms with Gasteiger partial charge in [0.25, 0.3) is 0 Å². The zero-order valence-corrected chi connectivity index (χ0v) is 15.9. The van der Waals surface area contributed by atoms with Crippen molar-refractivity contribution in [1.82, 2.24) is 4.57 Å². The van der Waals surface area contributed by atoms with Crippen LogP contribution in [-0.2, 0) is 11.8 Å². The van der Waals surface area contributed by atoms with Crippen LogP contribution in [0.4, 0.5) is 9.18 Å². The molecule has 3 rings (SSSR count). The first-order chi connectivity index (χ1) is 11.7. The van der Waals surface area contributed by atoms with Gasteiger partial charge in [-0.15, -0.1) is 0 Å². The lowest BCUT2D eigenvalue weighted by Crippen LogP contribution is -2.23. The Hall–Kier alpha value is -2.14. The van der Waals surface area contributed by atoms with Crippen LogP contribution in [0.3, 0.4) is 0 Å². The van der Waals surface area contributed by atoms with Crippen molar-refractivity contribution in [2.24, 2.45) is 0 Å². The molecule has 5 heteroatoms. The normalized spacial score (nSPS) is 11.9. The second-order valence-corrected chi connectivity index (χ2v) is 8.08. The number of carboxylic acid groups (broad SMARTS) is 1. The molecule has 0 saturated carbocycles. The van der Waals surface area contributed by atoms with Gasteiger partial charge in [0.1, 0.15) is 5.82 Å². The number of aromatic nitrogens is 1. The molecule has 0 fully saturated rings. The standard InChI is InChI=1S/C20H19BrFNO2/c1-20(2,3)18-16(10-12-4-6-13(21)7-5-12)15-11-14(22)8-9-17(15)23(18)19(24)25/h4-9,11H,10H2,1-3H3,(H,24,25). The molecule has 0 aliphatic heterocycles. The van der Waals surface area contributed by atoms with Gasteiger partial charge < -0.3 is 5.11 Å². The molecule has 130 valence electrons. The van der Waals surface area contributed by atoms with Crippen LogP contribution in [0.5, 0.6) is 0 Å². The van der Waals surface area contributed by atoms with Gasteiger partial charge in [0, 0.05) is 21.0 Å². The Labute approximate surface area is 154 Å². The molecule has 0 radical (unpaired) electrons. The van der Waals surface area contributed by atoms with Gasteiger partial charge in [-0.05, 0) is 47.9 Å². The first kappa shape index (κ1) is 17.7. The van der Waals surface area contributed by atoms with Gasteiger partial charge in [-0.25, -0.2) is 13.8 Å². The van der Waals surface area contributed by atoms with Crippen molar-refractivity contribution in [3.63, 3.8) is 0 Å². The molecule has 1 N–H and O–H groups in total. The van der Waals surface area contributed by atoms with Gasteiger partial charge >= 0.3 is 6.09 Å². The molecule has 3 aromatic rings. The summed E-state index contributed by atoms with van der Waals surface area (Å²) in [4.78, 5) is 11.9. The van der Waals surface area contributed by atoms with Crippen molar-refractivity contribution in [3.05, 3.63) is 69.6 Å². The maximum Gasteiger partial charge on any atom is 0.416 e. The number of hydrogen-bond donors (Lipinski definition) is 1. The van der Waals surface area contributed by atoms with Crippen LogP contribution < -0.4 is 0 Å². The second-order valence-electron chi connectivity index (χ2n) is 7.16. The summed E-state index contributed by atoms with van der Waals surface area (Å²) in [5, 5.41) is 10.4. The van der Waals surface area contributed by atoms with E-state index in [2.05, 4.69) is 15.9 Å². The van der Waals surface area contributed by atoms with Gasteiger partial charge in [0.05, 0.1) is 5.52 Å². The van der Waals surface area contributed by atoms with Crippen LogP contribution in [0.2, 0.25) is 0 Å². The highest BCUT2D eigenvalue weighted by atomic mass is 79.9. The highest BCUT2D eigenvalue weighted by Crippen LogP contribution is 2.36. The molecule has 3 nitrogen and oxygen atoms in total. The van der Waals surface area contributed by atoms with E-state index in [0.29, 0.717) is 23.0 Å². The zero-order chi connectivity index (χ0) is 18.4. The first-order valence-electron chi connectivity index (χ1n) is 7.99. The van der Waals surface area contributed by atoms with Crippen molar-refractivity contribution in [3.8, 4) is 0 Å². The monoisotopic (exact) mass is 403 g/mol. The van der Waals surface area contributed by atoms with Crippen molar-refractivity contribution >= 4 is 32.9 Å². The van der Waals surface area contributed by atoms with Crippen LogP contribution in [0.1, 0.15) is 37.6 Å². The number of nitrogens with zero attached hydrogens (tertiary/aromatic N) is 1. The van der Waals surface area contributed by atoms with E-state index >= 15 is 0 Å². The number of carbonyl (C=O) groups is 1. The van der Waals surface area contributed by atoms with E-state index in [1.807, 2.05) is 45.0 Å². The van der Waals surface area contributed by atoms with Gasteiger partial charge in [-0.2, -0.15) is 0 Å². The Kier molecular flexibility index (Phi) is 4.45. The second kappa shape index (κ2) is 6.30. The maximum absolute atomic E-state index is 13.9. The molecule has 0 bridgehead atoms. The summed E-state index contributed by atoms with van der Waals surface area (Å²) in [5.74, 6) is -0.368. The van der Waals surface area contributed by atoms with E-state index in [4.69, 9.17) is 0 Å². The van der Waals surface area contributed by atoms with Crippen molar-refractivity contribution in [2.75, 3.05) is 0 Å². The summed E-state index contributed by atoms with van der Waals surface area (Å²) in [7, 11) is 0. The Morgan fingerprint density at radius 3 is 2.36 bits per heavy atom. The third-order valence-corrected chi connectivity index (χ3v) is 4.76. The van der Waals surface area contributed by atoms with Crippen molar-refractivity contribution in [2.45, 2.75) is 32.6 Å². The predicted octanol–water partition coefficient (Wildman–Crippen LogP) is 5.96. The molecule has 0 unspecified atom stereocenters. The highest BCUT2D eigenvalue weighted by molar-refractivity contribution is 9.10. The molecule has 2 aromatic carbocycles. The highest BCUT2D eigenvalue weighted by Gasteiger charge is 2.29. The minimum atomic E-state index is -1.05. The van der Waals surface area contributed by atoms with Gasteiger partial charge in [-0.1, -0.05) is 48.8 Å². The minimum Gasteiger partial charge on any atom is -0.464 e. The largest absolute Gasteiger partial charge is 0.464 e. The lowest BCUT2D eigenvalue weighted by molar-refractivity contribution is 0.195. The Bertz CT molecular complexity index is 952. The van der Waals surface area contributed by atoms with Gasteiger partial charge in [0.15, 0.2) is 0 Å². The van der Waals surface area contributed by atoms with Crippen molar-refractivity contribution < 1.29 is 14.3 Å². The number of benzene rings is 2. The molecule has 0 spiro atoms. The topological polar surface area (TPSA) is 42.2 Å². The summed E-state index contributed by atoms with van der Waals surface area (Å²) in [6.45, 7) is 5.92. The smallest absolute Gasteiger partial charge is 0.416 e. The van der Waals surface area contributed by atoms with E-state index in [9.17, 15) is 14.3 Å². The molecule has 0 aliphatic rings. The molecule has 0 atom stereocenters. The first-order valence-corrected chi connectivity index (χ1v) is 8.79. The van der Waals surface area contributed by atoms with Gasteiger partial charge in [0.2, 0.25) is 0 Å². The van der Waals surface area contributed by atoms with E-state index < -0.39 is 11.5 Å². The Balaban J connectivity index is 2.32. The van der Waals surface area contributed by atoms with Gasteiger partial charge in [-0.3, -0.25) is 0 Å². The summed E-state index contributed by atoms with van der Waals surface area (Å²) in [6, 6.07) is 12.1. The minimum absolute atomic E-state index is 0.368. The maximum atomic E-state index is 13.9.